The number of aromatic nitrogens is 2. The number of rotatable bonds is 4. The summed E-state index contributed by atoms with van der Waals surface area (Å²) in [5.41, 5.74) is 2.19. The molecule has 1 aliphatic rings. The fourth-order valence-electron chi connectivity index (χ4n) is 2.75. The highest BCUT2D eigenvalue weighted by Crippen LogP contribution is 2.28. The van der Waals surface area contributed by atoms with Crippen LogP contribution in [0.1, 0.15) is 47.3 Å². The molecule has 1 atom stereocenters. The van der Waals surface area contributed by atoms with Crippen LogP contribution in [-0.4, -0.2) is 15.9 Å². The molecule has 1 aliphatic carbocycles. The molecule has 0 unspecified atom stereocenters. The van der Waals surface area contributed by atoms with Crippen LogP contribution in [-0.2, 0) is 17.6 Å². The Morgan fingerprint density at radius 2 is 2.43 bits per heavy atom. The third-order valence-electron chi connectivity index (χ3n) is 3.82. The highest BCUT2D eigenvalue weighted by molar-refractivity contribution is 7.09. The number of aryl methyl sites for hydroxylation is 3. The molecule has 4 nitrogen and oxygen atoms in total. The van der Waals surface area contributed by atoms with Gasteiger partial charge in [-0.3, -0.25) is 4.79 Å². The Balaban J connectivity index is 1.62. The van der Waals surface area contributed by atoms with Crippen molar-refractivity contribution in [3.8, 4) is 0 Å². The van der Waals surface area contributed by atoms with Gasteiger partial charge in [0.25, 0.3) is 0 Å². The summed E-state index contributed by atoms with van der Waals surface area (Å²) in [4.78, 5) is 22.2. The van der Waals surface area contributed by atoms with Gasteiger partial charge in [-0.05, 0) is 44.1 Å². The molecular weight excluding hydrogens is 282 g/mol. The Kier molecular flexibility index (Phi) is 4.29. The molecule has 2 heterocycles. The van der Waals surface area contributed by atoms with Gasteiger partial charge in [-0.1, -0.05) is 6.07 Å². The zero-order chi connectivity index (χ0) is 14.7. The Labute approximate surface area is 128 Å². The van der Waals surface area contributed by atoms with Crippen molar-refractivity contribution in [1.82, 2.24) is 15.3 Å². The molecule has 1 amide bonds. The first-order valence-corrected chi connectivity index (χ1v) is 8.24. The van der Waals surface area contributed by atoms with Crippen molar-refractivity contribution >= 4 is 17.2 Å². The van der Waals surface area contributed by atoms with Crippen LogP contribution in [0.25, 0.3) is 0 Å². The van der Waals surface area contributed by atoms with E-state index in [-0.39, 0.29) is 11.9 Å². The summed E-state index contributed by atoms with van der Waals surface area (Å²) < 4.78 is 0. The van der Waals surface area contributed by atoms with Gasteiger partial charge in [0.2, 0.25) is 5.91 Å². The van der Waals surface area contributed by atoms with Gasteiger partial charge < -0.3 is 5.32 Å². The van der Waals surface area contributed by atoms with Crippen LogP contribution in [0.2, 0.25) is 0 Å². The van der Waals surface area contributed by atoms with Crippen LogP contribution < -0.4 is 5.32 Å². The van der Waals surface area contributed by atoms with Crippen LogP contribution in [0.5, 0.6) is 0 Å². The summed E-state index contributed by atoms with van der Waals surface area (Å²) in [6.45, 7) is 1.91. The number of carbonyl (C=O) groups is 1. The van der Waals surface area contributed by atoms with E-state index in [4.69, 9.17) is 0 Å². The molecule has 2 aromatic heterocycles. The lowest BCUT2D eigenvalue weighted by Crippen LogP contribution is -2.31. The molecular formula is C16H19N3OS. The molecule has 0 fully saturated rings. The van der Waals surface area contributed by atoms with Gasteiger partial charge in [-0.2, -0.15) is 0 Å². The van der Waals surface area contributed by atoms with Gasteiger partial charge >= 0.3 is 0 Å². The Bertz CT molecular complexity index is 624. The summed E-state index contributed by atoms with van der Waals surface area (Å²) in [6, 6.07) is 4.17. The van der Waals surface area contributed by atoms with Crippen molar-refractivity contribution < 1.29 is 4.79 Å². The second-order valence-electron chi connectivity index (χ2n) is 5.41. The maximum Gasteiger partial charge on any atom is 0.220 e. The van der Waals surface area contributed by atoms with Gasteiger partial charge in [0.05, 0.1) is 6.04 Å². The zero-order valence-electron chi connectivity index (χ0n) is 12.1. The van der Waals surface area contributed by atoms with Crippen molar-refractivity contribution in [2.45, 2.75) is 45.1 Å². The van der Waals surface area contributed by atoms with E-state index >= 15 is 0 Å². The maximum atomic E-state index is 12.1. The normalized spacial score (nSPS) is 17.3. The first-order valence-electron chi connectivity index (χ1n) is 7.36. The number of nitrogens with one attached hydrogen (secondary N) is 1. The number of hydrogen-bond acceptors (Lipinski definition) is 4. The summed E-state index contributed by atoms with van der Waals surface area (Å²) in [7, 11) is 0. The molecule has 0 radical (unpaired) electrons. The second kappa shape index (κ2) is 6.35. The highest BCUT2D eigenvalue weighted by Gasteiger charge is 2.23. The SMILES string of the molecule is Cc1ncc2c(n1)CCC[C@@H]2NC(=O)CCc1cccs1. The van der Waals surface area contributed by atoms with E-state index in [9.17, 15) is 4.79 Å². The number of carbonyl (C=O) groups excluding carboxylic acids is 1. The first-order chi connectivity index (χ1) is 10.2. The summed E-state index contributed by atoms with van der Waals surface area (Å²) in [5.74, 6) is 0.917. The van der Waals surface area contributed by atoms with E-state index in [1.54, 1.807) is 11.3 Å². The fraction of sp³-hybridized carbons (Fsp3) is 0.438. The van der Waals surface area contributed by atoms with E-state index in [0.717, 1.165) is 42.8 Å². The molecule has 3 rings (SSSR count). The van der Waals surface area contributed by atoms with Crippen LogP contribution in [0, 0.1) is 6.92 Å². The standard InChI is InChI=1S/C16H19N3OS/c1-11-17-10-13-14(18-11)5-2-6-15(13)19-16(20)8-7-12-4-3-9-21-12/h3-4,9-10,15H,2,5-8H2,1H3,(H,19,20)/t15-/m0/s1. The highest BCUT2D eigenvalue weighted by atomic mass is 32.1. The van der Waals surface area contributed by atoms with E-state index in [0.29, 0.717) is 6.42 Å². The van der Waals surface area contributed by atoms with E-state index in [1.807, 2.05) is 24.6 Å². The third-order valence-corrected chi connectivity index (χ3v) is 4.75. The van der Waals surface area contributed by atoms with Gasteiger partial charge in [0.15, 0.2) is 0 Å². The summed E-state index contributed by atoms with van der Waals surface area (Å²) in [5, 5.41) is 5.19. The first kappa shape index (κ1) is 14.2. The smallest absolute Gasteiger partial charge is 0.220 e. The number of hydrogen-bond donors (Lipinski definition) is 1. The molecule has 0 spiro atoms. The molecule has 0 saturated carbocycles. The van der Waals surface area contributed by atoms with Crippen molar-refractivity contribution in [2.24, 2.45) is 0 Å². The van der Waals surface area contributed by atoms with E-state index in [1.165, 1.54) is 4.88 Å². The molecule has 0 bridgehead atoms. The van der Waals surface area contributed by atoms with Crippen molar-refractivity contribution in [3.05, 3.63) is 45.7 Å². The average Bonchev–Trinajstić information content (AvgIpc) is 2.98. The largest absolute Gasteiger partial charge is 0.349 e. The minimum absolute atomic E-state index is 0.0742. The van der Waals surface area contributed by atoms with Crippen LogP contribution in [0.4, 0.5) is 0 Å². The number of nitrogens with zero attached hydrogens (tertiary/aromatic N) is 2. The molecule has 0 saturated heterocycles. The Morgan fingerprint density at radius 1 is 1.52 bits per heavy atom. The quantitative estimate of drug-likeness (QED) is 0.944. The lowest BCUT2D eigenvalue weighted by atomic mass is 9.92. The van der Waals surface area contributed by atoms with Crippen molar-refractivity contribution in [2.75, 3.05) is 0 Å². The molecule has 1 N–H and O–H groups in total. The van der Waals surface area contributed by atoms with Gasteiger partial charge in [-0.15, -0.1) is 11.3 Å². The zero-order valence-corrected chi connectivity index (χ0v) is 12.9. The number of fused-ring (bicyclic) bond motifs is 1. The van der Waals surface area contributed by atoms with E-state index in [2.05, 4.69) is 21.4 Å². The Hall–Kier alpha value is -1.75. The fourth-order valence-corrected chi connectivity index (χ4v) is 3.46. The topological polar surface area (TPSA) is 54.9 Å². The number of amides is 1. The predicted octanol–water partition coefficient (Wildman–Crippen LogP) is 2.97. The second-order valence-corrected chi connectivity index (χ2v) is 6.44. The lowest BCUT2D eigenvalue weighted by molar-refractivity contribution is -0.121. The van der Waals surface area contributed by atoms with Crippen LogP contribution in [0.3, 0.4) is 0 Å². The Morgan fingerprint density at radius 3 is 3.24 bits per heavy atom. The summed E-state index contributed by atoms with van der Waals surface area (Å²) in [6.07, 6.45) is 6.26. The van der Waals surface area contributed by atoms with E-state index < -0.39 is 0 Å². The molecule has 21 heavy (non-hydrogen) atoms. The summed E-state index contributed by atoms with van der Waals surface area (Å²) >= 11 is 1.70. The minimum Gasteiger partial charge on any atom is -0.349 e. The predicted molar refractivity (Wildman–Crippen MR) is 83.2 cm³/mol. The lowest BCUT2D eigenvalue weighted by Gasteiger charge is -2.25. The monoisotopic (exact) mass is 301 g/mol. The number of thiophene rings is 1. The van der Waals surface area contributed by atoms with Crippen molar-refractivity contribution in [3.63, 3.8) is 0 Å². The van der Waals surface area contributed by atoms with Crippen LogP contribution in [0.15, 0.2) is 23.7 Å². The third kappa shape index (κ3) is 3.47. The maximum absolute atomic E-state index is 12.1. The van der Waals surface area contributed by atoms with Gasteiger partial charge in [0, 0.05) is 28.8 Å². The average molecular weight is 301 g/mol. The van der Waals surface area contributed by atoms with Gasteiger partial charge in [-0.25, -0.2) is 9.97 Å². The minimum atomic E-state index is 0.0742. The molecule has 110 valence electrons. The van der Waals surface area contributed by atoms with Crippen LogP contribution >= 0.6 is 11.3 Å². The molecule has 0 aliphatic heterocycles. The van der Waals surface area contributed by atoms with Gasteiger partial charge in [0.1, 0.15) is 5.82 Å². The molecule has 2 aromatic rings. The van der Waals surface area contributed by atoms with Crippen molar-refractivity contribution in [1.29, 1.82) is 0 Å². The molecule has 0 aromatic carbocycles. The molecule has 5 heteroatoms.